The van der Waals surface area contributed by atoms with Crippen LogP contribution in [-0.4, -0.2) is 22.1 Å². The number of hydrogen-bond acceptors (Lipinski definition) is 6. The van der Waals surface area contributed by atoms with Crippen molar-refractivity contribution >= 4 is 5.95 Å². The molecule has 2 rings (SSSR count). The topological polar surface area (TPSA) is 73.1 Å². The highest BCUT2D eigenvalue weighted by molar-refractivity contribution is 5.27. The maximum atomic E-state index is 5.45. The van der Waals surface area contributed by atoms with Crippen LogP contribution < -0.4 is 10.1 Å². The molecule has 17 heavy (non-hydrogen) atoms. The van der Waals surface area contributed by atoms with Gasteiger partial charge in [0.05, 0.1) is 19.9 Å². The fraction of sp³-hybridized carbons (Fsp3) is 0.364. The normalized spacial score (nSPS) is 10.2. The Morgan fingerprint density at radius 1 is 1.41 bits per heavy atom. The summed E-state index contributed by atoms with van der Waals surface area (Å²) < 4.78 is 10.4. The van der Waals surface area contributed by atoms with E-state index in [1.54, 1.807) is 25.6 Å². The zero-order valence-corrected chi connectivity index (χ0v) is 9.80. The van der Waals surface area contributed by atoms with Crippen molar-refractivity contribution < 1.29 is 9.15 Å². The van der Waals surface area contributed by atoms with Crippen molar-refractivity contribution in [1.29, 1.82) is 0 Å². The zero-order valence-electron chi connectivity index (χ0n) is 9.80. The molecular formula is C11H14N4O2. The lowest BCUT2D eigenvalue weighted by Crippen LogP contribution is -2.04. The fourth-order valence-electron chi connectivity index (χ4n) is 1.29. The quantitative estimate of drug-likeness (QED) is 0.848. The summed E-state index contributed by atoms with van der Waals surface area (Å²) in [7, 11) is 1.56. The van der Waals surface area contributed by atoms with Crippen molar-refractivity contribution in [3.8, 4) is 5.88 Å². The third-order valence-corrected chi connectivity index (χ3v) is 2.19. The third-order valence-electron chi connectivity index (χ3n) is 2.19. The van der Waals surface area contributed by atoms with Crippen LogP contribution in [0.3, 0.4) is 0 Å². The van der Waals surface area contributed by atoms with Crippen LogP contribution in [0.4, 0.5) is 5.95 Å². The first-order valence-electron chi connectivity index (χ1n) is 5.36. The molecule has 0 fully saturated rings. The summed E-state index contributed by atoms with van der Waals surface area (Å²) in [5, 5.41) is 3.01. The molecule has 0 unspecified atom stereocenters. The van der Waals surface area contributed by atoms with Gasteiger partial charge in [0.2, 0.25) is 17.7 Å². The Morgan fingerprint density at radius 2 is 2.29 bits per heavy atom. The van der Waals surface area contributed by atoms with Gasteiger partial charge in [-0.1, -0.05) is 6.92 Å². The van der Waals surface area contributed by atoms with Crippen molar-refractivity contribution in [2.24, 2.45) is 0 Å². The number of methoxy groups -OCH3 is 1. The van der Waals surface area contributed by atoms with Crippen LogP contribution in [0.5, 0.6) is 5.88 Å². The average Bonchev–Trinajstić information content (AvgIpc) is 2.84. The number of aromatic nitrogens is 3. The van der Waals surface area contributed by atoms with Gasteiger partial charge >= 0.3 is 0 Å². The van der Waals surface area contributed by atoms with Crippen LogP contribution in [0, 0.1) is 0 Å². The summed E-state index contributed by atoms with van der Waals surface area (Å²) >= 11 is 0. The zero-order chi connectivity index (χ0) is 12.1. The Bertz CT molecular complexity index is 484. The minimum absolute atomic E-state index is 0.452. The highest BCUT2D eigenvalue weighted by atomic mass is 16.5. The standard InChI is InChI=1S/C11H14N4O2/c1-3-8-6-13-10(17-8)7-14-11-12-5-4-9(15-11)16-2/h4-6H,3,7H2,1-2H3,(H,12,14,15). The predicted octanol–water partition coefficient (Wildman–Crippen LogP) is 1.65. The second-order valence-electron chi connectivity index (χ2n) is 3.35. The van der Waals surface area contributed by atoms with E-state index in [1.807, 2.05) is 6.92 Å². The van der Waals surface area contributed by atoms with Gasteiger partial charge in [0.1, 0.15) is 5.76 Å². The van der Waals surface area contributed by atoms with Crippen molar-refractivity contribution in [2.75, 3.05) is 12.4 Å². The molecule has 0 saturated heterocycles. The first-order chi connectivity index (χ1) is 8.31. The van der Waals surface area contributed by atoms with Gasteiger partial charge in [0, 0.05) is 18.7 Å². The second-order valence-corrected chi connectivity index (χ2v) is 3.35. The highest BCUT2D eigenvalue weighted by Gasteiger charge is 2.03. The Balaban J connectivity index is 1.96. The van der Waals surface area contributed by atoms with E-state index in [9.17, 15) is 0 Å². The molecule has 0 amide bonds. The van der Waals surface area contributed by atoms with E-state index in [2.05, 4.69) is 20.3 Å². The van der Waals surface area contributed by atoms with Gasteiger partial charge < -0.3 is 14.5 Å². The van der Waals surface area contributed by atoms with Crippen LogP contribution in [0.25, 0.3) is 0 Å². The number of anilines is 1. The van der Waals surface area contributed by atoms with Crippen LogP contribution in [0.15, 0.2) is 22.9 Å². The molecule has 0 aromatic carbocycles. The molecule has 0 spiro atoms. The maximum absolute atomic E-state index is 5.45. The molecule has 6 nitrogen and oxygen atoms in total. The molecule has 2 aromatic heterocycles. The van der Waals surface area contributed by atoms with Crippen LogP contribution in [-0.2, 0) is 13.0 Å². The van der Waals surface area contributed by atoms with E-state index in [0.29, 0.717) is 24.3 Å². The third kappa shape index (κ3) is 2.93. The lowest BCUT2D eigenvalue weighted by atomic mass is 10.4. The van der Waals surface area contributed by atoms with E-state index >= 15 is 0 Å². The van der Waals surface area contributed by atoms with E-state index in [4.69, 9.17) is 9.15 Å². The number of nitrogens with zero attached hydrogens (tertiary/aromatic N) is 3. The van der Waals surface area contributed by atoms with E-state index in [0.717, 1.165) is 12.2 Å². The van der Waals surface area contributed by atoms with Crippen molar-refractivity contribution in [1.82, 2.24) is 15.0 Å². The highest BCUT2D eigenvalue weighted by Crippen LogP contribution is 2.09. The summed E-state index contributed by atoms with van der Waals surface area (Å²) in [5.41, 5.74) is 0. The molecule has 0 saturated carbocycles. The fourth-order valence-corrected chi connectivity index (χ4v) is 1.29. The summed E-state index contributed by atoms with van der Waals surface area (Å²) in [6, 6.07) is 1.69. The molecule has 2 heterocycles. The van der Waals surface area contributed by atoms with Gasteiger partial charge in [0.15, 0.2) is 0 Å². The smallest absolute Gasteiger partial charge is 0.226 e. The summed E-state index contributed by atoms with van der Waals surface area (Å²) in [6.07, 6.45) is 4.19. The number of rotatable bonds is 5. The van der Waals surface area contributed by atoms with E-state index < -0.39 is 0 Å². The Labute approximate surface area is 99.1 Å². The average molecular weight is 234 g/mol. The Morgan fingerprint density at radius 3 is 3.00 bits per heavy atom. The van der Waals surface area contributed by atoms with Gasteiger partial charge in [-0.2, -0.15) is 4.98 Å². The Hall–Kier alpha value is -2.11. The predicted molar refractivity (Wildman–Crippen MR) is 61.8 cm³/mol. The number of ether oxygens (including phenoxy) is 1. The largest absolute Gasteiger partial charge is 0.481 e. The van der Waals surface area contributed by atoms with Gasteiger partial charge in [-0.3, -0.25) is 0 Å². The lowest BCUT2D eigenvalue weighted by Gasteiger charge is -2.03. The number of nitrogens with one attached hydrogen (secondary N) is 1. The molecule has 0 bridgehead atoms. The number of oxazole rings is 1. The van der Waals surface area contributed by atoms with Crippen molar-refractivity contribution in [3.63, 3.8) is 0 Å². The molecule has 0 aliphatic heterocycles. The molecule has 0 radical (unpaired) electrons. The summed E-state index contributed by atoms with van der Waals surface area (Å²) in [6.45, 7) is 2.47. The molecular weight excluding hydrogens is 220 g/mol. The SMILES string of the molecule is CCc1cnc(CNc2nccc(OC)n2)o1. The first-order valence-corrected chi connectivity index (χ1v) is 5.36. The number of hydrogen-bond donors (Lipinski definition) is 1. The van der Waals surface area contributed by atoms with Gasteiger partial charge in [-0.05, 0) is 0 Å². The summed E-state index contributed by atoms with van der Waals surface area (Å²) in [5.74, 6) is 2.49. The van der Waals surface area contributed by atoms with Crippen molar-refractivity contribution in [3.05, 3.63) is 30.1 Å². The summed E-state index contributed by atoms with van der Waals surface area (Å²) in [4.78, 5) is 12.3. The maximum Gasteiger partial charge on any atom is 0.226 e. The minimum Gasteiger partial charge on any atom is -0.481 e. The Kier molecular flexibility index (Phi) is 3.54. The van der Waals surface area contributed by atoms with Crippen LogP contribution in [0.2, 0.25) is 0 Å². The van der Waals surface area contributed by atoms with Gasteiger partial charge in [0.25, 0.3) is 0 Å². The molecule has 0 aliphatic rings. The van der Waals surface area contributed by atoms with E-state index in [-0.39, 0.29) is 0 Å². The molecule has 0 atom stereocenters. The van der Waals surface area contributed by atoms with Gasteiger partial charge in [-0.15, -0.1) is 0 Å². The lowest BCUT2D eigenvalue weighted by molar-refractivity contribution is 0.397. The first kappa shape index (κ1) is 11.4. The minimum atomic E-state index is 0.452. The molecule has 6 heteroatoms. The molecule has 0 aliphatic carbocycles. The van der Waals surface area contributed by atoms with Crippen LogP contribution >= 0.6 is 0 Å². The van der Waals surface area contributed by atoms with Crippen molar-refractivity contribution in [2.45, 2.75) is 19.9 Å². The molecule has 90 valence electrons. The number of aryl methyl sites for hydroxylation is 1. The molecule has 2 aromatic rings. The van der Waals surface area contributed by atoms with Crippen LogP contribution in [0.1, 0.15) is 18.6 Å². The van der Waals surface area contributed by atoms with Gasteiger partial charge in [-0.25, -0.2) is 9.97 Å². The van der Waals surface area contributed by atoms with E-state index in [1.165, 1.54) is 0 Å². The second kappa shape index (κ2) is 5.29. The monoisotopic (exact) mass is 234 g/mol. The molecule has 1 N–H and O–H groups in total.